The number of amides is 1. The highest BCUT2D eigenvalue weighted by Crippen LogP contribution is 2.15. The fourth-order valence-corrected chi connectivity index (χ4v) is 2.57. The van der Waals surface area contributed by atoms with Gasteiger partial charge in [-0.1, -0.05) is 12.1 Å². The molecule has 3 N–H and O–H groups in total. The van der Waals surface area contributed by atoms with E-state index >= 15 is 0 Å². The van der Waals surface area contributed by atoms with Crippen LogP contribution in [0.5, 0.6) is 0 Å². The summed E-state index contributed by atoms with van der Waals surface area (Å²) in [6.07, 6.45) is 3.91. The number of nitrogens with two attached hydrogens (primary N) is 1. The molecule has 0 saturated carbocycles. The van der Waals surface area contributed by atoms with Crippen LogP contribution in [-0.2, 0) is 11.3 Å². The highest BCUT2D eigenvalue weighted by Gasteiger charge is 2.16. The van der Waals surface area contributed by atoms with Crippen molar-refractivity contribution in [2.24, 2.45) is 5.84 Å². The standard InChI is InChI=1S/C15H23N3O2/c1-18(11-14-7-2-3-8-20-14)10-12-5-4-6-13(9-12)15(19)17-16/h4-6,9,14H,2-3,7-8,10-11,16H2,1H3,(H,17,19). The van der Waals surface area contributed by atoms with E-state index in [1.165, 1.54) is 12.8 Å². The van der Waals surface area contributed by atoms with Crippen LogP contribution in [0.25, 0.3) is 0 Å². The minimum atomic E-state index is -0.259. The zero-order valence-electron chi connectivity index (χ0n) is 12.0. The number of nitrogens with zero attached hydrogens (tertiary/aromatic N) is 1. The van der Waals surface area contributed by atoms with Crippen molar-refractivity contribution in [3.05, 3.63) is 35.4 Å². The summed E-state index contributed by atoms with van der Waals surface area (Å²) in [5, 5.41) is 0. The first kappa shape index (κ1) is 15.0. The van der Waals surface area contributed by atoms with E-state index in [-0.39, 0.29) is 5.91 Å². The Labute approximate surface area is 120 Å². The molecule has 1 saturated heterocycles. The molecule has 1 aromatic rings. The normalized spacial score (nSPS) is 19.1. The second-order valence-electron chi connectivity index (χ2n) is 5.36. The van der Waals surface area contributed by atoms with Gasteiger partial charge in [-0.15, -0.1) is 0 Å². The van der Waals surface area contributed by atoms with Crippen molar-refractivity contribution in [2.75, 3.05) is 20.2 Å². The molecule has 1 atom stereocenters. The number of nitrogen functional groups attached to an aromatic ring is 1. The van der Waals surface area contributed by atoms with Crippen molar-refractivity contribution in [3.8, 4) is 0 Å². The minimum absolute atomic E-state index is 0.259. The Morgan fingerprint density at radius 2 is 2.35 bits per heavy atom. The van der Waals surface area contributed by atoms with E-state index in [0.29, 0.717) is 11.7 Å². The highest BCUT2D eigenvalue weighted by molar-refractivity contribution is 5.93. The van der Waals surface area contributed by atoms with E-state index in [1.54, 1.807) is 6.07 Å². The molecule has 1 heterocycles. The van der Waals surface area contributed by atoms with E-state index in [0.717, 1.165) is 31.7 Å². The van der Waals surface area contributed by atoms with Gasteiger partial charge in [-0.05, 0) is 44.0 Å². The lowest BCUT2D eigenvalue weighted by Gasteiger charge is -2.27. The van der Waals surface area contributed by atoms with Crippen LogP contribution >= 0.6 is 0 Å². The van der Waals surface area contributed by atoms with E-state index in [1.807, 2.05) is 18.2 Å². The Balaban J connectivity index is 1.89. The van der Waals surface area contributed by atoms with Crippen LogP contribution in [0.1, 0.15) is 35.2 Å². The zero-order valence-corrected chi connectivity index (χ0v) is 12.0. The van der Waals surface area contributed by atoms with Crippen LogP contribution in [0.4, 0.5) is 0 Å². The Morgan fingerprint density at radius 3 is 3.05 bits per heavy atom. The van der Waals surface area contributed by atoms with Crippen LogP contribution in [-0.4, -0.2) is 37.1 Å². The van der Waals surface area contributed by atoms with Crippen molar-refractivity contribution >= 4 is 5.91 Å². The van der Waals surface area contributed by atoms with E-state index in [4.69, 9.17) is 10.6 Å². The largest absolute Gasteiger partial charge is 0.377 e. The summed E-state index contributed by atoms with van der Waals surface area (Å²) in [5.74, 6) is 4.89. The highest BCUT2D eigenvalue weighted by atomic mass is 16.5. The Bertz CT molecular complexity index is 444. The molecule has 1 aromatic carbocycles. The smallest absolute Gasteiger partial charge is 0.265 e. The molecule has 0 aromatic heterocycles. The molecule has 1 amide bonds. The molecule has 1 unspecified atom stereocenters. The summed E-state index contributed by atoms with van der Waals surface area (Å²) in [6, 6.07) is 7.53. The fraction of sp³-hybridized carbons (Fsp3) is 0.533. The van der Waals surface area contributed by atoms with Gasteiger partial charge in [0.2, 0.25) is 0 Å². The van der Waals surface area contributed by atoms with Crippen molar-refractivity contribution in [1.82, 2.24) is 10.3 Å². The number of hydrogen-bond acceptors (Lipinski definition) is 4. The number of benzene rings is 1. The van der Waals surface area contributed by atoms with Crippen molar-refractivity contribution in [1.29, 1.82) is 0 Å². The van der Waals surface area contributed by atoms with Gasteiger partial charge in [-0.2, -0.15) is 0 Å². The lowest BCUT2D eigenvalue weighted by atomic mass is 10.1. The van der Waals surface area contributed by atoms with Crippen molar-refractivity contribution < 1.29 is 9.53 Å². The third-order valence-electron chi connectivity index (χ3n) is 3.56. The lowest BCUT2D eigenvalue weighted by molar-refractivity contribution is -0.00259. The van der Waals surface area contributed by atoms with E-state index < -0.39 is 0 Å². The first-order chi connectivity index (χ1) is 9.69. The molecule has 5 heteroatoms. The Morgan fingerprint density at radius 1 is 1.50 bits per heavy atom. The van der Waals surface area contributed by atoms with Crippen LogP contribution in [0.3, 0.4) is 0 Å². The number of likely N-dealkylation sites (N-methyl/N-ethyl adjacent to an activating group) is 1. The number of rotatable bonds is 5. The van der Waals surface area contributed by atoms with Crippen LogP contribution in [0, 0.1) is 0 Å². The predicted octanol–water partition coefficient (Wildman–Crippen LogP) is 1.29. The summed E-state index contributed by atoms with van der Waals surface area (Å²) in [7, 11) is 2.08. The molecule has 0 aliphatic carbocycles. The third-order valence-corrected chi connectivity index (χ3v) is 3.56. The number of carbonyl (C=O) groups excluding carboxylic acids is 1. The monoisotopic (exact) mass is 277 g/mol. The molecule has 0 spiro atoms. The quantitative estimate of drug-likeness (QED) is 0.483. The summed E-state index contributed by atoms with van der Waals surface area (Å²) >= 11 is 0. The minimum Gasteiger partial charge on any atom is -0.377 e. The van der Waals surface area contributed by atoms with Crippen LogP contribution in [0.2, 0.25) is 0 Å². The molecule has 0 radical (unpaired) electrons. The fourth-order valence-electron chi connectivity index (χ4n) is 2.57. The molecule has 20 heavy (non-hydrogen) atoms. The number of ether oxygens (including phenoxy) is 1. The van der Waals surface area contributed by atoms with Crippen molar-refractivity contribution in [3.63, 3.8) is 0 Å². The molecular weight excluding hydrogens is 254 g/mol. The average molecular weight is 277 g/mol. The van der Waals surface area contributed by atoms with Gasteiger partial charge in [0.15, 0.2) is 0 Å². The van der Waals surface area contributed by atoms with Crippen molar-refractivity contribution in [2.45, 2.75) is 31.9 Å². The first-order valence-corrected chi connectivity index (χ1v) is 7.09. The van der Waals surface area contributed by atoms with Crippen LogP contribution in [0.15, 0.2) is 24.3 Å². The number of nitrogens with one attached hydrogen (secondary N) is 1. The number of hydrazine groups is 1. The second-order valence-corrected chi connectivity index (χ2v) is 5.36. The summed E-state index contributed by atoms with van der Waals surface area (Å²) in [5.41, 5.74) is 3.85. The maximum absolute atomic E-state index is 11.5. The van der Waals surface area contributed by atoms with Gasteiger partial charge in [0.1, 0.15) is 0 Å². The van der Waals surface area contributed by atoms with E-state index in [9.17, 15) is 4.79 Å². The van der Waals surface area contributed by atoms with Gasteiger partial charge in [0, 0.05) is 25.3 Å². The zero-order chi connectivity index (χ0) is 14.4. The maximum atomic E-state index is 11.5. The third kappa shape index (κ3) is 4.30. The van der Waals surface area contributed by atoms with Gasteiger partial charge >= 0.3 is 0 Å². The molecule has 1 aliphatic heterocycles. The molecule has 0 bridgehead atoms. The van der Waals surface area contributed by atoms with Gasteiger partial charge in [0.05, 0.1) is 6.10 Å². The van der Waals surface area contributed by atoms with E-state index in [2.05, 4.69) is 17.4 Å². The summed E-state index contributed by atoms with van der Waals surface area (Å²) in [6.45, 7) is 2.60. The van der Waals surface area contributed by atoms with Crippen LogP contribution < -0.4 is 11.3 Å². The molecule has 1 fully saturated rings. The Hall–Kier alpha value is -1.43. The molecule has 5 nitrogen and oxygen atoms in total. The first-order valence-electron chi connectivity index (χ1n) is 7.09. The average Bonchev–Trinajstić information content (AvgIpc) is 2.47. The topological polar surface area (TPSA) is 67.6 Å². The molecule has 110 valence electrons. The number of carbonyl (C=O) groups is 1. The van der Waals surface area contributed by atoms with Gasteiger partial charge in [-0.3, -0.25) is 15.1 Å². The summed E-state index contributed by atoms with van der Waals surface area (Å²) < 4.78 is 5.74. The SMILES string of the molecule is CN(Cc1cccc(C(=O)NN)c1)CC1CCCCO1. The second kappa shape index (κ2) is 7.38. The Kier molecular flexibility index (Phi) is 5.52. The molecule has 2 rings (SSSR count). The summed E-state index contributed by atoms with van der Waals surface area (Å²) in [4.78, 5) is 13.7. The molecule has 1 aliphatic rings. The number of hydrogen-bond donors (Lipinski definition) is 2. The molecular formula is C15H23N3O2. The lowest BCUT2D eigenvalue weighted by Crippen LogP contribution is -2.33. The van der Waals surface area contributed by atoms with Gasteiger partial charge in [-0.25, -0.2) is 5.84 Å². The predicted molar refractivity (Wildman–Crippen MR) is 78.0 cm³/mol. The van der Waals surface area contributed by atoms with Gasteiger partial charge in [0.25, 0.3) is 5.91 Å². The van der Waals surface area contributed by atoms with Gasteiger partial charge < -0.3 is 4.74 Å². The maximum Gasteiger partial charge on any atom is 0.265 e.